The zero-order valence-corrected chi connectivity index (χ0v) is 13.6. The van der Waals surface area contributed by atoms with Crippen molar-refractivity contribution in [3.8, 4) is 11.5 Å². The number of aliphatic imine (C=N–C) groups is 1. The zero-order valence-electron chi connectivity index (χ0n) is 13.6. The van der Waals surface area contributed by atoms with Crippen molar-refractivity contribution < 1.29 is 18.3 Å². The quantitative estimate of drug-likeness (QED) is 0.527. The number of pyridine rings is 3. The van der Waals surface area contributed by atoms with Gasteiger partial charge in [0.1, 0.15) is 29.0 Å². The zero-order chi connectivity index (χ0) is 19.2. The molecule has 0 saturated carbocycles. The minimum absolute atomic E-state index is 0.00308. The lowest BCUT2D eigenvalue weighted by Gasteiger charge is -2.09. The summed E-state index contributed by atoms with van der Waals surface area (Å²) in [4.78, 5) is 27.8. The van der Waals surface area contributed by atoms with Crippen molar-refractivity contribution in [2.24, 2.45) is 10.7 Å². The van der Waals surface area contributed by atoms with Gasteiger partial charge in [0.25, 0.3) is 5.91 Å². The van der Waals surface area contributed by atoms with Crippen molar-refractivity contribution in [2.75, 3.05) is 5.32 Å². The lowest BCUT2D eigenvalue weighted by molar-refractivity contribution is 0.102. The topological polar surface area (TPSA) is 115 Å². The van der Waals surface area contributed by atoms with Gasteiger partial charge in [-0.15, -0.1) is 0 Å². The minimum Gasteiger partial charge on any atom is -0.454 e. The normalized spacial score (nSPS) is 10.7. The number of nitrogens with one attached hydrogen (secondary N) is 1. The standard InChI is InChI=1S/C17H12F2N6O2/c18-10-1-2-22-15(4-10)25-17(26)14-5-13(8-23-16(14)24-9-20)27-12-3-11(19)6-21-7-12/h1-9H,(H2,20,23,24)(H,22,25,26). The first-order chi connectivity index (χ1) is 13.0. The molecule has 0 aliphatic carbocycles. The van der Waals surface area contributed by atoms with Gasteiger partial charge in [0.05, 0.1) is 30.5 Å². The average molecular weight is 370 g/mol. The minimum atomic E-state index is -0.663. The fraction of sp³-hybridized carbons (Fsp3) is 0. The number of hydrogen-bond acceptors (Lipinski definition) is 6. The maximum Gasteiger partial charge on any atom is 0.260 e. The summed E-state index contributed by atoms with van der Waals surface area (Å²) in [6.07, 6.45) is 5.78. The van der Waals surface area contributed by atoms with Crippen LogP contribution >= 0.6 is 0 Å². The molecule has 3 N–H and O–H groups in total. The highest BCUT2D eigenvalue weighted by molar-refractivity contribution is 6.07. The van der Waals surface area contributed by atoms with Crippen molar-refractivity contribution in [1.82, 2.24) is 15.0 Å². The number of carbonyl (C=O) groups is 1. The summed E-state index contributed by atoms with van der Waals surface area (Å²) in [7, 11) is 0. The van der Waals surface area contributed by atoms with E-state index in [0.717, 1.165) is 30.7 Å². The van der Waals surface area contributed by atoms with Crippen LogP contribution in [0.1, 0.15) is 10.4 Å². The van der Waals surface area contributed by atoms with Crippen LogP contribution in [0.5, 0.6) is 11.5 Å². The molecular formula is C17H12F2N6O2. The molecule has 0 aliphatic rings. The van der Waals surface area contributed by atoms with E-state index in [0.29, 0.717) is 0 Å². The van der Waals surface area contributed by atoms with Gasteiger partial charge in [-0.3, -0.25) is 9.78 Å². The molecule has 0 aliphatic heterocycles. The molecule has 3 heterocycles. The Hall–Kier alpha value is -3.95. The van der Waals surface area contributed by atoms with Crippen molar-refractivity contribution in [3.63, 3.8) is 0 Å². The second-order valence-electron chi connectivity index (χ2n) is 5.07. The summed E-state index contributed by atoms with van der Waals surface area (Å²) in [5, 5.41) is 2.43. The van der Waals surface area contributed by atoms with E-state index in [-0.39, 0.29) is 28.7 Å². The van der Waals surface area contributed by atoms with Gasteiger partial charge in [0.15, 0.2) is 5.82 Å². The molecule has 3 rings (SSSR count). The Bertz CT molecular complexity index is 1010. The molecule has 3 aromatic rings. The van der Waals surface area contributed by atoms with E-state index in [2.05, 4.69) is 25.3 Å². The fourth-order valence-electron chi connectivity index (χ4n) is 2.08. The first-order valence-electron chi connectivity index (χ1n) is 7.51. The summed E-state index contributed by atoms with van der Waals surface area (Å²) in [6.45, 7) is 0. The summed E-state index contributed by atoms with van der Waals surface area (Å²) < 4.78 is 31.9. The third-order valence-corrected chi connectivity index (χ3v) is 3.16. The van der Waals surface area contributed by atoms with Gasteiger partial charge in [-0.2, -0.15) is 0 Å². The van der Waals surface area contributed by atoms with E-state index in [1.165, 1.54) is 24.7 Å². The Morgan fingerprint density at radius 3 is 2.67 bits per heavy atom. The fourth-order valence-corrected chi connectivity index (χ4v) is 2.08. The second kappa shape index (κ2) is 7.95. The number of nitrogens with two attached hydrogens (primary N) is 1. The van der Waals surface area contributed by atoms with Crippen LogP contribution in [0.15, 0.2) is 54.0 Å². The summed E-state index contributed by atoms with van der Waals surface area (Å²) in [5.41, 5.74) is 5.26. The van der Waals surface area contributed by atoms with Gasteiger partial charge in [-0.1, -0.05) is 0 Å². The molecule has 0 aromatic carbocycles. The monoisotopic (exact) mass is 370 g/mol. The van der Waals surface area contributed by atoms with E-state index >= 15 is 0 Å². The van der Waals surface area contributed by atoms with Crippen molar-refractivity contribution in [2.45, 2.75) is 0 Å². The lowest BCUT2D eigenvalue weighted by Crippen LogP contribution is -2.14. The number of anilines is 1. The summed E-state index contributed by atoms with van der Waals surface area (Å²) in [5.74, 6) is -1.54. The highest BCUT2D eigenvalue weighted by atomic mass is 19.1. The first kappa shape index (κ1) is 17.9. The third kappa shape index (κ3) is 4.57. The number of carbonyl (C=O) groups excluding carboxylic acids is 1. The summed E-state index contributed by atoms with van der Waals surface area (Å²) >= 11 is 0. The van der Waals surface area contributed by atoms with Crippen LogP contribution in [-0.2, 0) is 0 Å². The van der Waals surface area contributed by atoms with Crippen molar-refractivity contribution in [1.29, 1.82) is 0 Å². The predicted molar refractivity (Wildman–Crippen MR) is 93.0 cm³/mol. The number of aromatic nitrogens is 3. The van der Waals surface area contributed by atoms with Gasteiger partial charge in [0, 0.05) is 18.3 Å². The van der Waals surface area contributed by atoms with E-state index in [9.17, 15) is 13.6 Å². The Labute approximate surface area is 151 Å². The maximum absolute atomic E-state index is 13.3. The molecule has 0 bridgehead atoms. The van der Waals surface area contributed by atoms with Crippen LogP contribution < -0.4 is 15.8 Å². The summed E-state index contributed by atoms with van der Waals surface area (Å²) in [6, 6.07) is 4.64. The molecular weight excluding hydrogens is 358 g/mol. The first-order valence-corrected chi connectivity index (χ1v) is 7.51. The molecule has 0 atom stereocenters. The Morgan fingerprint density at radius 2 is 1.93 bits per heavy atom. The molecule has 27 heavy (non-hydrogen) atoms. The van der Waals surface area contributed by atoms with Crippen LogP contribution in [-0.4, -0.2) is 27.2 Å². The van der Waals surface area contributed by atoms with E-state index in [1.807, 2.05) is 0 Å². The number of halogens is 2. The lowest BCUT2D eigenvalue weighted by atomic mass is 10.2. The Morgan fingerprint density at radius 1 is 1.11 bits per heavy atom. The van der Waals surface area contributed by atoms with Crippen LogP contribution in [0.2, 0.25) is 0 Å². The predicted octanol–water partition coefficient (Wildman–Crippen LogP) is 2.81. The number of ether oxygens (including phenoxy) is 1. The molecule has 0 radical (unpaired) electrons. The SMILES string of the molecule is N/C=N\c1ncc(Oc2cncc(F)c2)cc1C(=O)Nc1cc(F)ccn1. The highest BCUT2D eigenvalue weighted by Crippen LogP contribution is 2.26. The van der Waals surface area contributed by atoms with E-state index in [1.54, 1.807) is 0 Å². The van der Waals surface area contributed by atoms with Gasteiger partial charge >= 0.3 is 0 Å². The molecule has 0 unspecified atom stereocenters. The average Bonchev–Trinajstić information content (AvgIpc) is 2.63. The van der Waals surface area contributed by atoms with Gasteiger partial charge in [-0.25, -0.2) is 23.7 Å². The number of hydrogen-bond donors (Lipinski definition) is 2. The van der Waals surface area contributed by atoms with Crippen LogP contribution in [0.3, 0.4) is 0 Å². The molecule has 136 valence electrons. The smallest absolute Gasteiger partial charge is 0.260 e. The molecule has 8 nitrogen and oxygen atoms in total. The molecule has 3 aromatic heterocycles. The third-order valence-electron chi connectivity index (χ3n) is 3.16. The molecule has 1 amide bonds. The van der Waals surface area contributed by atoms with Gasteiger partial charge in [-0.05, 0) is 12.1 Å². The molecule has 10 heteroatoms. The van der Waals surface area contributed by atoms with E-state index in [4.69, 9.17) is 10.5 Å². The maximum atomic E-state index is 13.3. The highest BCUT2D eigenvalue weighted by Gasteiger charge is 2.16. The Balaban J connectivity index is 1.90. The van der Waals surface area contributed by atoms with Crippen LogP contribution in [0.4, 0.5) is 20.4 Å². The largest absolute Gasteiger partial charge is 0.454 e. The van der Waals surface area contributed by atoms with Crippen molar-refractivity contribution in [3.05, 3.63) is 66.3 Å². The number of rotatable bonds is 5. The van der Waals surface area contributed by atoms with Gasteiger partial charge in [0.2, 0.25) is 0 Å². The number of amides is 1. The van der Waals surface area contributed by atoms with Gasteiger partial charge < -0.3 is 15.8 Å². The van der Waals surface area contributed by atoms with E-state index < -0.39 is 17.5 Å². The molecule has 0 saturated heterocycles. The molecule has 0 fully saturated rings. The van der Waals surface area contributed by atoms with Crippen LogP contribution in [0.25, 0.3) is 0 Å². The van der Waals surface area contributed by atoms with Crippen LogP contribution in [0, 0.1) is 11.6 Å². The Kier molecular flexibility index (Phi) is 5.26. The molecule has 0 spiro atoms. The van der Waals surface area contributed by atoms with Crippen molar-refractivity contribution >= 4 is 23.9 Å². The number of nitrogens with zero attached hydrogens (tertiary/aromatic N) is 4. The second-order valence-corrected chi connectivity index (χ2v) is 5.07.